The van der Waals surface area contributed by atoms with E-state index in [-0.39, 0.29) is 5.69 Å². The number of amides is 3. The Hall–Kier alpha value is -2.04. The van der Waals surface area contributed by atoms with Gasteiger partial charge in [-0.3, -0.25) is 0 Å². The second-order valence-corrected chi connectivity index (χ2v) is 5.48. The number of unbranched alkanes of at least 4 members (excludes halogenated alkanes) is 6. The number of anilines is 1. The van der Waals surface area contributed by atoms with Crippen molar-refractivity contribution >= 4 is 17.8 Å². The number of imide groups is 1. The molecule has 0 radical (unpaired) electrons. The second kappa shape index (κ2) is 9.82. The largest absolute Gasteiger partial charge is 0.529 e. The summed E-state index contributed by atoms with van der Waals surface area (Å²) in [6.07, 6.45) is 8.12. The highest BCUT2D eigenvalue weighted by Crippen LogP contribution is 2.17. The molecule has 0 heterocycles. The quantitative estimate of drug-likeness (QED) is 0.711. The summed E-state index contributed by atoms with van der Waals surface area (Å²) >= 11 is 0. The highest BCUT2D eigenvalue weighted by Gasteiger charge is 2.13. The van der Waals surface area contributed by atoms with Crippen LogP contribution in [0.15, 0.2) is 24.3 Å². The third-order valence-corrected chi connectivity index (χ3v) is 3.67. The van der Waals surface area contributed by atoms with Gasteiger partial charge in [0.25, 0.3) is 0 Å². The van der Waals surface area contributed by atoms with Crippen molar-refractivity contribution in [1.82, 2.24) is 0 Å². The molecule has 1 aromatic rings. The molecule has 5 nitrogen and oxygen atoms in total. The first-order chi connectivity index (χ1) is 10.6. The van der Waals surface area contributed by atoms with Crippen LogP contribution in [-0.4, -0.2) is 12.1 Å². The van der Waals surface area contributed by atoms with Crippen LogP contribution in [0, 0.1) is 0 Å². The zero-order chi connectivity index (χ0) is 16.4. The van der Waals surface area contributed by atoms with Crippen molar-refractivity contribution in [1.29, 1.82) is 0 Å². The summed E-state index contributed by atoms with van der Waals surface area (Å²) in [5, 5.41) is 10.9. The van der Waals surface area contributed by atoms with E-state index in [1.165, 1.54) is 38.5 Å². The van der Waals surface area contributed by atoms with Gasteiger partial charge in [-0.25, -0.2) is 9.69 Å². The molecule has 122 valence electrons. The standard InChI is InChI=1S/C17H26N2O3/c1-2-3-4-5-6-7-8-9-14-10-12-15(13-11-14)19(16(18)20)17(21)22/h10-13H,2-9H2,1H3,(H2,18,20)(H,21,22)/p-1. The number of benzene rings is 1. The summed E-state index contributed by atoms with van der Waals surface area (Å²) in [5.74, 6) is 0. The molecular weight excluding hydrogens is 280 g/mol. The first kappa shape index (κ1) is 18.0. The normalized spacial score (nSPS) is 10.4. The minimum absolute atomic E-state index is 0.218. The van der Waals surface area contributed by atoms with Crippen molar-refractivity contribution in [2.24, 2.45) is 5.73 Å². The summed E-state index contributed by atoms with van der Waals surface area (Å²) in [6, 6.07) is 5.75. The van der Waals surface area contributed by atoms with Crippen LogP contribution in [-0.2, 0) is 6.42 Å². The Morgan fingerprint density at radius 3 is 2.05 bits per heavy atom. The van der Waals surface area contributed by atoms with Gasteiger partial charge in [-0.05, 0) is 30.5 Å². The fourth-order valence-corrected chi connectivity index (χ4v) is 2.42. The number of carboxylic acid groups (broad SMARTS) is 1. The molecule has 0 fully saturated rings. The van der Waals surface area contributed by atoms with E-state index in [1.807, 2.05) is 12.1 Å². The van der Waals surface area contributed by atoms with Gasteiger partial charge < -0.3 is 15.6 Å². The number of hydrogen-bond acceptors (Lipinski definition) is 3. The number of primary amides is 1. The molecule has 0 aliphatic heterocycles. The van der Waals surface area contributed by atoms with Crippen molar-refractivity contribution in [2.45, 2.75) is 58.3 Å². The lowest BCUT2D eigenvalue weighted by atomic mass is 10.0. The van der Waals surface area contributed by atoms with Gasteiger partial charge in [0.15, 0.2) is 0 Å². The lowest BCUT2D eigenvalue weighted by Crippen LogP contribution is -2.48. The van der Waals surface area contributed by atoms with Crippen molar-refractivity contribution < 1.29 is 14.7 Å². The summed E-state index contributed by atoms with van der Waals surface area (Å²) in [6.45, 7) is 2.21. The first-order valence-electron chi connectivity index (χ1n) is 7.95. The molecule has 1 aromatic carbocycles. The molecule has 5 heteroatoms. The van der Waals surface area contributed by atoms with Crippen LogP contribution < -0.4 is 15.7 Å². The average Bonchev–Trinajstić information content (AvgIpc) is 2.47. The van der Waals surface area contributed by atoms with E-state index < -0.39 is 12.1 Å². The highest BCUT2D eigenvalue weighted by atomic mass is 16.4. The molecule has 3 amide bonds. The van der Waals surface area contributed by atoms with E-state index in [0.717, 1.165) is 18.4 Å². The topological polar surface area (TPSA) is 86.5 Å². The smallest absolute Gasteiger partial charge is 0.324 e. The molecule has 0 atom stereocenters. The van der Waals surface area contributed by atoms with Gasteiger partial charge in [-0.2, -0.15) is 0 Å². The van der Waals surface area contributed by atoms with Crippen molar-refractivity contribution in [3.05, 3.63) is 29.8 Å². The van der Waals surface area contributed by atoms with E-state index in [2.05, 4.69) is 6.92 Å². The van der Waals surface area contributed by atoms with Gasteiger partial charge >= 0.3 is 6.03 Å². The molecule has 0 spiro atoms. The maximum absolute atomic E-state index is 11.1. The third kappa shape index (κ3) is 6.16. The van der Waals surface area contributed by atoms with Gasteiger partial charge in [-0.1, -0.05) is 57.6 Å². The zero-order valence-electron chi connectivity index (χ0n) is 13.2. The maximum Gasteiger partial charge on any atom is 0.324 e. The van der Waals surface area contributed by atoms with Crippen LogP contribution in [0.4, 0.5) is 15.3 Å². The van der Waals surface area contributed by atoms with Gasteiger partial charge in [0.1, 0.15) is 6.09 Å². The summed E-state index contributed by atoms with van der Waals surface area (Å²) in [7, 11) is 0. The highest BCUT2D eigenvalue weighted by molar-refractivity contribution is 6.09. The van der Waals surface area contributed by atoms with E-state index in [0.29, 0.717) is 4.90 Å². The Kier molecular flexibility index (Phi) is 8.04. The van der Waals surface area contributed by atoms with Crippen LogP contribution in [0.1, 0.15) is 57.4 Å². The number of aryl methyl sites for hydroxylation is 1. The zero-order valence-corrected chi connectivity index (χ0v) is 13.2. The van der Waals surface area contributed by atoms with Crippen LogP contribution in [0.2, 0.25) is 0 Å². The molecule has 1 rings (SSSR count). The molecule has 0 unspecified atom stereocenters. The van der Waals surface area contributed by atoms with E-state index in [1.54, 1.807) is 12.1 Å². The molecule has 2 N–H and O–H groups in total. The van der Waals surface area contributed by atoms with E-state index in [4.69, 9.17) is 5.73 Å². The molecule has 0 aliphatic rings. The van der Waals surface area contributed by atoms with Crippen LogP contribution >= 0.6 is 0 Å². The summed E-state index contributed by atoms with van der Waals surface area (Å²) in [4.78, 5) is 22.4. The minimum Gasteiger partial charge on any atom is -0.529 e. The Balaban J connectivity index is 2.38. The van der Waals surface area contributed by atoms with Crippen molar-refractivity contribution in [3.63, 3.8) is 0 Å². The van der Waals surface area contributed by atoms with Gasteiger partial charge in [0.2, 0.25) is 0 Å². The Morgan fingerprint density at radius 2 is 1.55 bits per heavy atom. The fraction of sp³-hybridized carbons (Fsp3) is 0.529. The maximum atomic E-state index is 11.1. The second-order valence-electron chi connectivity index (χ2n) is 5.48. The van der Waals surface area contributed by atoms with Gasteiger partial charge in [0, 0.05) is 0 Å². The summed E-state index contributed by atoms with van der Waals surface area (Å²) < 4.78 is 0. The van der Waals surface area contributed by atoms with Crippen LogP contribution in [0.5, 0.6) is 0 Å². The predicted octanol–water partition coefficient (Wildman–Crippen LogP) is 3.21. The number of nitrogens with zero attached hydrogens (tertiary/aromatic N) is 1. The SMILES string of the molecule is CCCCCCCCCc1ccc(N(C(N)=O)C(=O)[O-])cc1. The molecule has 0 aliphatic carbocycles. The molecule has 0 saturated carbocycles. The van der Waals surface area contributed by atoms with Crippen molar-refractivity contribution in [2.75, 3.05) is 4.90 Å². The Morgan fingerprint density at radius 1 is 1.00 bits per heavy atom. The number of carbonyl (C=O) groups excluding carboxylic acids is 2. The van der Waals surface area contributed by atoms with Crippen molar-refractivity contribution in [3.8, 4) is 0 Å². The monoisotopic (exact) mass is 305 g/mol. The van der Waals surface area contributed by atoms with Gasteiger partial charge in [0.05, 0.1) is 5.69 Å². The number of urea groups is 1. The lowest BCUT2D eigenvalue weighted by Gasteiger charge is -2.20. The minimum atomic E-state index is -1.62. The molecule has 0 bridgehead atoms. The first-order valence-corrected chi connectivity index (χ1v) is 7.95. The number of hydrogen-bond donors (Lipinski definition) is 1. The molecule has 22 heavy (non-hydrogen) atoms. The Bertz CT molecular complexity index is 457. The predicted molar refractivity (Wildman–Crippen MR) is 85.6 cm³/mol. The lowest BCUT2D eigenvalue weighted by molar-refractivity contribution is -0.245. The van der Waals surface area contributed by atoms with E-state index >= 15 is 0 Å². The molecule has 0 saturated heterocycles. The number of carbonyl (C=O) groups is 2. The summed E-state index contributed by atoms with van der Waals surface area (Å²) in [5.41, 5.74) is 6.37. The van der Waals surface area contributed by atoms with Crippen LogP contribution in [0.3, 0.4) is 0 Å². The van der Waals surface area contributed by atoms with Gasteiger partial charge in [-0.15, -0.1) is 0 Å². The fourth-order valence-electron chi connectivity index (χ4n) is 2.42. The molecule has 0 aromatic heterocycles. The number of rotatable bonds is 9. The van der Waals surface area contributed by atoms with Crippen LogP contribution in [0.25, 0.3) is 0 Å². The van der Waals surface area contributed by atoms with E-state index in [9.17, 15) is 14.7 Å². The Labute approximate surface area is 132 Å². The third-order valence-electron chi connectivity index (χ3n) is 3.67. The number of nitrogens with two attached hydrogens (primary N) is 1. The average molecular weight is 305 g/mol. The molecular formula is C17H25N2O3-.